The molecule has 0 aliphatic carbocycles. The van der Waals surface area contributed by atoms with Crippen LogP contribution in [0, 0.1) is 5.41 Å². The molecule has 1 aromatic heterocycles. The number of hydrogen-bond acceptors (Lipinski definition) is 10. The van der Waals surface area contributed by atoms with Gasteiger partial charge in [0.1, 0.15) is 17.2 Å². The van der Waals surface area contributed by atoms with Crippen molar-refractivity contribution in [3.8, 4) is 23.1 Å². The Kier molecular flexibility index (Phi) is 20.4. The third-order valence-electron chi connectivity index (χ3n) is 11.7. The molecule has 0 fully saturated rings. The topological polar surface area (TPSA) is 218 Å². The molecule has 0 bridgehead atoms. The molecule has 15 nitrogen and oxygen atoms in total. The number of aromatic nitrogens is 2. The van der Waals surface area contributed by atoms with Gasteiger partial charge in [-0.1, -0.05) is 153 Å². The predicted octanol–water partition coefficient (Wildman–Crippen LogP) is 14.3. The number of aromatic carboxylic acids is 2. The number of nitrogens with zero attached hydrogens (tertiary/aromatic N) is 2. The van der Waals surface area contributed by atoms with Crippen molar-refractivity contribution in [2.24, 2.45) is 5.41 Å². The molecule has 1 heterocycles. The highest BCUT2D eigenvalue weighted by Crippen LogP contribution is 2.39. The minimum Gasteiger partial charge on any atom is -0.508 e. The summed E-state index contributed by atoms with van der Waals surface area (Å²) in [6.45, 7) is 12.8. The number of amides is 2. The third kappa shape index (κ3) is 16.5. The van der Waals surface area contributed by atoms with E-state index in [0.717, 1.165) is 48.6 Å². The first kappa shape index (κ1) is 57.9. The zero-order chi connectivity index (χ0) is 53.8. The van der Waals surface area contributed by atoms with Gasteiger partial charge in [-0.15, -0.1) is 5.10 Å². The quantitative estimate of drug-likeness (QED) is 0.0238. The maximum atomic E-state index is 14.2. The van der Waals surface area contributed by atoms with Gasteiger partial charge >= 0.3 is 11.9 Å². The zero-order valence-electron chi connectivity index (χ0n) is 42.0. The van der Waals surface area contributed by atoms with Crippen LogP contribution in [-0.2, 0) is 19.8 Å². The summed E-state index contributed by atoms with van der Waals surface area (Å²) in [6, 6.07) is 16.8. The first-order valence-electron chi connectivity index (χ1n) is 24.1. The van der Waals surface area contributed by atoms with E-state index in [2.05, 4.69) is 28.0 Å². The summed E-state index contributed by atoms with van der Waals surface area (Å²) in [4.78, 5) is 66.0. The van der Waals surface area contributed by atoms with Gasteiger partial charge in [-0.05, 0) is 85.0 Å². The molecule has 6 N–H and O–H groups in total. The molecular formula is C54H63Cl4N5O10. The fourth-order valence-corrected chi connectivity index (χ4v) is 8.92. The van der Waals surface area contributed by atoms with Crippen LogP contribution in [0.5, 0.6) is 17.4 Å². The largest absolute Gasteiger partial charge is 0.508 e. The van der Waals surface area contributed by atoms with E-state index < -0.39 is 63.7 Å². The summed E-state index contributed by atoms with van der Waals surface area (Å²) in [6.07, 6.45) is 8.80. The van der Waals surface area contributed by atoms with E-state index in [0.29, 0.717) is 23.4 Å². The molecule has 2 atom stereocenters. The number of carboxylic acids is 2. The number of hydrogen-bond donors (Lipinski definition) is 6. The van der Waals surface area contributed by atoms with E-state index >= 15 is 0 Å². The van der Waals surface area contributed by atoms with Crippen LogP contribution in [-0.4, -0.2) is 66.8 Å². The summed E-state index contributed by atoms with van der Waals surface area (Å²) in [5.74, 6) is -4.77. The molecule has 0 radical (unpaired) electrons. The molecule has 0 aliphatic heterocycles. The molecule has 73 heavy (non-hydrogen) atoms. The number of carbonyl (C=O) groups excluding carboxylic acids is 3. The predicted molar refractivity (Wildman–Crippen MR) is 288 cm³/mol. The van der Waals surface area contributed by atoms with Gasteiger partial charge in [0, 0.05) is 33.4 Å². The molecule has 0 saturated carbocycles. The Bertz CT molecular complexity index is 2750. The Morgan fingerprint density at radius 1 is 0.658 bits per heavy atom. The highest BCUT2D eigenvalue weighted by molar-refractivity contribution is 6.40. The van der Waals surface area contributed by atoms with Crippen LogP contribution in [0.1, 0.15) is 145 Å². The number of phenols is 1. The smallest absolute Gasteiger partial charge is 0.335 e. The fourth-order valence-electron chi connectivity index (χ4n) is 7.77. The van der Waals surface area contributed by atoms with Crippen molar-refractivity contribution in [2.45, 2.75) is 137 Å². The lowest BCUT2D eigenvalue weighted by atomic mass is 9.86. The van der Waals surface area contributed by atoms with E-state index in [9.17, 15) is 39.3 Å². The molecule has 0 saturated heterocycles. The minimum atomic E-state index is -1.95. The number of rotatable bonds is 25. The van der Waals surface area contributed by atoms with Crippen LogP contribution in [0.4, 0.5) is 22.9 Å². The Morgan fingerprint density at radius 3 is 1.79 bits per heavy atom. The number of anilines is 4. The minimum absolute atomic E-state index is 0.00564. The van der Waals surface area contributed by atoms with Gasteiger partial charge in [0.2, 0.25) is 12.0 Å². The lowest BCUT2D eigenvalue weighted by Gasteiger charge is -2.25. The monoisotopic (exact) mass is 1080 g/mol. The second-order valence-corrected chi connectivity index (χ2v) is 21.5. The van der Waals surface area contributed by atoms with E-state index in [1.165, 1.54) is 56.7 Å². The molecule has 0 aliphatic rings. The second-order valence-electron chi connectivity index (χ2n) is 19.8. The molecule has 4 aromatic carbocycles. The van der Waals surface area contributed by atoms with Gasteiger partial charge in [0.05, 0.1) is 31.9 Å². The SMILES string of the molecule is CCCCCCCCCCCCC(Oc1ccc(O)c(C(C)(C)C)c1)C(=O)Nc1ccc(Cl)c(Nc2cc(OC(C(=O)Nc3cc(C(=O)O)cc(C(=O)O)c3)C(=O)C(C)(C)C)n(-c3c(Cl)cc(Cl)cc3Cl)n2)c1. The molecule has 5 aromatic rings. The van der Waals surface area contributed by atoms with Crippen molar-refractivity contribution in [3.63, 3.8) is 0 Å². The van der Waals surface area contributed by atoms with Crippen molar-refractivity contribution < 1.29 is 48.8 Å². The average molecular weight is 1080 g/mol. The fraction of sp³-hybridized carbons (Fsp3) is 0.407. The number of ketones is 1. The Labute approximate surface area is 445 Å². The number of Topliss-reactive ketones (excluding diaryl/α,β-unsaturated/α-hetero) is 1. The summed E-state index contributed by atoms with van der Waals surface area (Å²) in [7, 11) is 0. The number of nitrogens with one attached hydrogen (secondary N) is 3. The number of aromatic hydroxyl groups is 1. The van der Waals surface area contributed by atoms with Crippen molar-refractivity contribution in [1.29, 1.82) is 0 Å². The van der Waals surface area contributed by atoms with Gasteiger partial charge in [-0.25, -0.2) is 9.59 Å². The van der Waals surface area contributed by atoms with Crippen LogP contribution in [0.15, 0.2) is 72.8 Å². The van der Waals surface area contributed by atoms with Crippen LogP contribution >= 0.6 is 46.4 Å². The molecule has 5 rings (SSSR count). The van der Waals surface area contributed by atoms with Crippen molar-refractivity contribution >= 4 is 98.8 Å². The maximum Gasteiger partial charge on any atom is 0.335 e. The van der Waals surface area contributed by atoms with Gasteiger partial charge < -0.3 is 40.7 Å². The van der Waals surface area contributed by atoms with Gasteiger partial charge in [-0.3, -0.25) is 14.4 Å². The van der Waals surface area contributed by atoms with Crippen LogP contribution in [0.3, 0.4) is 0 Å². The highest BCUT2D eigenvalue weighted by Gasteiger charge is 2.38. The maximum absolute atomic E-state index is 14.2. The number of carbonyl (C=O) groups is 5. The first-order valence-corrected chi connectivity index (χ1v) is 25.6. The van der Waals surface area contributed by atoms with Gasteiger partial charge in [0.25, 0.3) is 11.8 Å². The number of halogens is 4. The van der Waals surface area contributed by atoms with Crippen molar-refractivity contribution in [2.75, 3.05) is 16.0 Å². The van der Waals surface area contributed by atoms with E-state index in [1.54, 1.807) is 57.2 Å². The normalized spacial score (nSPS) is 12.4. The summed E-state index contributed by atoms with van der Waals surface area (Å²) >= 11 is 26.4. The summed E-state index contributed by atoms with van der Waals surface area (Å²) < 4.78 is 13.7. The van der Waals surface area contributed by atoms with Gasteiger partial charge in [0.15, 0.2) is 17.7 Å². The molecule has 0 spiro atoms. The number of unbranched alkanes of at least 4 members (excludes halogenated alkanes) is 9. The van der Waals surface area contributed by atoms with Crippen molar-refractivity contribution in [3.05, 3.63) is 110 Å². The molecule has 2 unspecified atom stereocenters. The number of benzene rings is 4. The molecular weight excluding hydrogens is 1020 g/mol. The lowest BCUT2D eigenvalue weighted by molar-refractivity contribution is -0.140. The lowest BCUT2D eigenvalue weighted by Crippen LogP contribution is -2.45. The molecule has 392 valence electrons. The number of ether oxygens (including phenoxy) is 2. The third-order valence-corrected chi connectivity index (χ3v) is 12.8. The van der Waals surface area contributed by atoms with Crippen LogP contribution in [0.2, 0.25) is 20.1 Å². The van der Waals surface area contributed by atoms with E-state index in [-0.39, 0.29) is 54.6 Å². The Balaban J connectivity index is 1.45. The summed E-state index contributed by atoms with van der Waals surface area (Å²) in [5.41, 5.74) is -1.36. The Morgan fingerprint density at radius 2 is 1.23 bits per heavy atom. The van der Waals surface area contributed by atoms with E-state index in [4.69, 9.17) is 55.9 Å². The molecule has 2 amide bonds. The van der Waals surface area contributed by atoms with Crippen molar-refractivity contribution in [1.82, 2.24) is 9.78 Å². The Hall–Kier alpha value is -6.00. The molecule has 19 heteroatoms. The number of phenolic OH excluding ortho intramolecular Hbond substituents is 1. The van der Waals surface area contributed by atoms with Crippen LogP contribution < -0.4 is 25.4 Å². The summed E-state index contributed by atoms with van der Waals surface area (Å²) in [5, 5.41) is 43.5. The average Bonchev–Trinajstić information content (AvgIpc) is 3.69. The first-order chi connectivity index (χ1) is 34.4. The zero-order valence-corrected chi connectivity index (χ0v) is 45.0. The van der Waals surface area contributed by atoms with Crippen LogP contribution in [0.25, 0.3) is 5.69 Å². The standard InChI is InChI=1S/C54H63Cl4N5O10/c1-8-9-10-11-12-13-14-15-16-17-18-43(72-36-20-22-42(64)37(29-36)53(2,3)4)49(66)59-34-19-21-38(56)41(28-34)61-44-30-45(63(62-44)46-39(57)26-33(55)27-40(46)58)73-47(48(65)54(5,6)7)50(67)60-35-24-31(51(68)69)23-32(25-35)52(70)71/h19-30,43,47,64H,8-18H2,1-7H3,(H,59,66)(H,60,67)(H,61,62)(H,68,69)(H,70,71). The number of carboxylic acid groups (broad SMARTS) is 2. The van der Waals surface area contributed by atoms with E-state index in [1.807, 2.05) is 20.8 Å². The highest BCUT2D eigenvalue weighted by atomic mass is 35.5. The second kappa shape index (κ2) is 25.8. The van der Waals surface area contributed by atoms with Gasteiger partial charge in [-0.2, -0.15) is 4.68 Å².